The fraction of sp³-hybridized carbons (Fsp3) is 0.600. The van der Waals surface area contributed by atoms with Crippen LogP contribution in [0.5, 0.6) is 0 Å². The molecule has 110 valence electrons. The van der Waals surface area contributed by atoms with E-state index in [2.05, 4.69) is 16.6 Å². The molecule has 0 atom stereocenters. The predicted molar refractivity (Wildman–Crippen MR) is 70.3 cm³/mol. The molecule has 0 fully saturated rings. The molecule has 0 unspecified atom stereocenters. The molecule has 2 amide bonds. The summed E-state index contributed by atoms with van der Waals surface area (Å²) in [7, 11) is -3.41. The highest BCUT2D eigenvalue weighted by atomic mass is 32.2. The number of nitrogens with zero attached hydrogens (tertiary/aromatic N) is 1. The van der Waals surface area contributed by atoms with Crippen LogP contribution >= 0.6 is 0 Å². The number of carbonyl (C=O) groups excluding carboxylic acids is 1. The van der Waals surface area contributed by atoms with Crippen molar-refractivity contribution >= 4 is 22.0 Å². The Balaban J connectivity index is 4.26. The first-order chi connectivity index (χ1) is 8.82. The van der Waals surface area contributed by atoms with Gasteiger partial charge in [0.25, 0.3) is 0 Å². The fourth-order valence-corrected chi connectivity index (χ4v) is 2.19. The summed E-state index contributed by atoms with van der Waals surface area (Å²) in [5.41, 5.74) is 0. The summed E-state index contributed by atoms with van der Waals surface area (Å²) in [4.78, 5) is 23.2. The quantitative estimate of drug-likeness (QED) is 0.482. The van der Waals surface area contributed by atoms with Gasteiger partial charge in [0.15, 0.2) is 0 Å². The molecule has 3 N–H and O–H groups in total. The zero-order valence-corrected chi connectivity index (χ0v) is 11.6. The number of hydrogen-bond acceptors (Lipinski definition) is 4. The second-order valence-corrected chi connectivity index (χ2v) is 5.54. The van der Waals surface area contributed by atoms with Gasteiger partial charge >= 0.3 is 12.0 Å². The molecule has 0 rings (SSSR count). The molecule has 9 heteroatoms. The Morgan fingerprint density at radius 1 is 1.42 bits per heavy atom. The molecular formula is C10H19N3O5S. The number of carbonyl (C=O) groups is 2. The number of rotatable bonds is 9. The molecule has 0 spiro atoms. The highest BCUT2D eigenvalue weighted by molar-refractivity contribution is 7.89. The van der Waals surface area contributed by atoms with Gasteiger partial charge in [-0.3, -0.25) is 4.79 Å². The van der Waals surface area contributed by atoms with Gasteiger partial charge in [0.1, 0.15) is 6.54 Å². The first kappa shape index (κ1) is 17.4. The van der Waals surface area contributed by atoms with E-state index in [1.54, 1.807) is 6.92 Å². The summed E-state index contributed by atoms with van der Waals surface area (Å²) in [6.07, 6.45) is 1.39. The van der Waals surface area contributed by atoms with Crippen LogP contribution in [0, 0.1) is 0 Å². The molecule has 0 aliphatic heterocycles. The summed E-state index contributed by atoms with van der Waals surface area (Å²) in [6, 6.07) is -0.644. The van der Waals surface area contributed by atoms with Crippen molar-refractivity contribution in [2.24, 2.45) is 0 Å². The maximum atomic E-state index is 11.6. The second-order valence-electron chi connectivity index (χ2n) is 3.61. The molecule has 8 nitrogen and oxygen atoms in total. The molecule has 0 bridgehead atoms. The normalized spacial score (nSPS) is 10.8. The Labute approximate surface area is 112 Å². The Bertz CT molecular complexity index is 421. The predicted octanol–water partition coefficient (Wildman–Crippen LogP) is -0.792. The van der Waals surface area contributed by atoms with Crippen LogP contribution in [-0.2, 0) is 14.8 Å². The summed E-state index contributed by atoms with van der Waals surface area (Å²) in [6.45, 7) is 4.83. The van der Waals surface area contributed by atoms with Gasteiger partial charge in [-0.15, -0.1) is 6.58 Å². The third-order valence-electron chi connectivity index (χ3n) is 1.97. The maximum Gasteiger partial charge on any atom is 0.323 e. The molecule has 19 heavy (non-hydrogen) atoms. The van der Waals surface area contributed by atoms with Crippen molar-refractivity contribution in [3.05, 3.63) is 12.7 Å². The molecule has 0 radical (unpaired) electrons. The van der Waals surface area contributed by atoms with Gasteiger partial charge < -0.3 is 15.3 Å². The van der Waals surface area contributed by atoms with Crippen LogP contribution in [-0.4, -0.2) is 62.4 Å². The van der Waals surface area contributed by atoms with E-state index in [0.29, 0.717) is 0 Å². The Morgan fingerprint density at radius 3 is 2.53 bits per heavy atom. The number of nitrogens with one attached hydrogen (secondary N) is 2. The summed E-state index contributed by atoms with van der Waals surface area (Å²) < 4.78 is 24.9. The van der Waals surface area contributed by atoms with E-state index in [0.717, 1.165) is 4.90 Å². The maximum absolute atomic E-state index is 11.6. The molecule has 0 aromatic carbocycles. The van der Waals surface area contributed by atoms with Crippen LogP contribution in [0.25, 0.3) is 0 Å². The van der Waals surface area contributed by atoms with Gasteiger partial charge in [-0.2, -0.15) is 0 Å². The standard InChI is InChI=1S/C10H19N3O5S/c1-3-6-13(8-9(14)15)10(16)11-5-7-19(17,18)12-4-2/h3,12H,1,4-8H2,2H3,(H,11,16)(H,14,15). The Kier molecular flexibility index (Phi) is 7.77. The van der Waals surface area contributed by atoms with Crippen molar-refractivity contribution in [2.75, 3.05) is 31.9 Å². The van der Waals surface area contributed by atoms with Crippen molar-refractivity contribution in [3.8, 4) is 0 Å². The van der Waals surface area contributed by atoms with Crippen molar-refractivity contribution in [1.29, 1.82) is 0 Å². The average molecular weight is 293 g/mol. The largest absolute Gasteiger partial charge is 0.480 e. The molecule has 0 aromatic rings. The van der Waals surface area contributed by atoms with Crippen LogP contribution in [0.15, 0.2) is 12.7 Å². The fourth-order valence-electron chi connectivity index (χ4n) is 1.23. The third-order valence-corrected chi connectivity index (χ3v) is 3.44. The van der Waals surface area contributed by atoms with Crippen LogP contribution in [0.4, 0.5) is 4.79 Å². The van der Waals surface area contributed by atoms with E-state index in [9.17, 15) is 18.0 Å². The number of amides is 2. The van der Waals surface area contributed by atoms with Crippen LogP contribution in [0.2, 0.25) is 0 Å². The molecule has 0 heterocycles. The van der Waals surface area contributed by atoms with Gasteiger partial charge in [-0.05, 0) is 0 Å². The van der Waals surface area contributed by atoms with Crippen LogP contribution in [0.3, 0.4) is 0 Å². The van der Waals surface area contributed by atoms with E-state index in [4.69, 9.17) is 5.11 Å². The smallest absolute Gasteiger partial charge is 0.323 e. The van der Waals surface area contributed by atoms with Gasteiger partial charge in [-0.1, -0.05) is 13.0 Å². The van der Waals surface area contributed by atoms with Gasteiger partial charge in [0.05, 0.1) is 5.75 Å². The van der Waals surface area contributed by atoms with E-state index in [1.165, 1.54) is 6.08 Å². The molecule has 0 aliphatic rings. The topological polar surface area (TPSA) is 116 Å². The minimum atomic E-state index is -3.41. The Morgan fingerprint density at radius 2 is 2.05 bits per heavy atom. The minimum absolute atomic E-state index is 0.0676. The molecular weight excluding hydrogens is 274 g/mol. The van der Waals surface area contributed by atoms with Crippen molar-refractivity contribution in [1.82, 2.24) is 14.9 Å². The zero-order valence-electron chi connectivity index (χ0n) is 10.8. The number of carboxylic acids is 1. The lowest BCUT2D eigenvalue weighted by Gasteiger charge is -2.19. The molecule has 0 aromatic heterocycles. The van der Waals surface area contributed by atoms with Gasteiger partial charge in [0, 0.05) is 19.6 Å². The van der Waals surface area contributed by atoms with E-state index < -0.39 is 28.6 Å². The number of hydrogen-bond donors (Lipinski definition) is 3. The average Bonchev–Trinajstić information content (AvgIpc) is 2.27. The highest BCUT2D eigenvalue weighted by Crippen LogP contribution is 1.91. The van der Waals surface area contributed by atoms with Crippen molar-refractivity contribution < 1.29 is 23.1 Å². The van der Waals surface area contributed by atoms with Crippen LogP contribution in [0.1, 0.15) is 6.92 Å². The van der Waals surface area contributed by atoms with Crippen LogP contribution < -0.4 is 10.0 Å². The number of aliphatic carboxylic acids is 1. The van der Waals surface area contributed by atoms with Crippen molar-refractivity contribution in [2.45, 2.75) is 6.92 Å². The lowest BCUT2D eigenvalue weighted by molar-refractivity contribution is -0.137. The molecule has 0 saturated heterocycles. The SMILES string of the molecule is C=CCN(CC(=O)O)C(=O)NCCS(=O)(=O)NCC. The first-order valence-electron chi connectivity index (χ1n) is 5.65. The highest BCUT2D eigenvalue weighted by Gasteiger charge is 2.16. The van der Waals surface area contributed by atoms with E-state index in [1.807, 2.05) is 0 Å². The lowest BCUT2D eigenvalue weighted by atomic mass is 10.5. The van der Waals surface area contributed by atoms with Gasteiger partial charge in [-0.25, -0.2) is 17.9 Å². The summed E-state index contributed by atoms with van der Waals surface area (Å²) in [5.74, 6) is -1.42. The lowest BCUT2D eigenvalue weighted by Crippen LogP contribution is -2.44. The number of sulfonamides is 1. The molecule has 0 aliphatic carbocycles. The van der Waals surface area contributed by atoms with Crippen molar-refractivity contribution in [3.63, 3.8) is 0 Å². The number of carboxylic acid groups (broad SMARTS) is 1. The molecule has 0 saturated carbocycles. The summed E-state index contributed by atoms with van der Waals surface area (Å²) >= 11 is 0. The summed E-state index contributed by atoms with van der Waals surface area (Å²) in [5, 5.41) is 11.0. The van der Waals surface area contributed by atoms with E-state index in [-0.39, 0.29) is 25.4 Å². The third kappa shape index (κ3) is 8.16. The number of urea groups is 1. The zero-order chi connectivity index (χ0) is 14.9. The minimum Gasteiger partial charge on any atom is -0.480 e. The van der Waals surface area contributed by atoms with Gasteiger partial charge in [0.2, 0.25) is 10.0 Å². The van der Waals surface area contributed by atoms with E-state index >= 15 is 0 Å². The second kappa shape index (κ2) is 8.48. The first-order valence-corrected chi connectivity index (χ1v) is 7.30. The Hall–Kier alpha value is -1.61. The monoisotopic (exact) mass is 293 g/mol.